The highest BCUT2D eigenvalue weighted by Crippen LogP contribution is 2.21. The third kappa shape index (κ3) is 3.13. The van der Waals surface area contributed by atoms with Crippen LogP contribution < -0.4 is 10.6 Å². The maximum absolute atomic E-state index is 12.2. The first-order valence-corrected chi connectivity index (χ1v) is 4.72. The van der Waals surface area contributed by atoms with Crippen molar-refractivity contribution in [3.05, 3.63) is 23.9 Å². The van der Waals surface area contributed by atoms with Crippen LogP contribution in [0.15, 0.2) is 18.3 Å². The van der Waals surface area contributed by atoms with Crippen LogP contribution in [0.5, 0.6) is 0 Å². The molecular weight excluding hydrogens is 200 g/mol. The number of rotatable bonds is 4. The van der Waals surface area contributed by atoms with Gasteiger partial charge in [-0.25, -0.2) is 13.8 Å². The summed E-state index contributed by atoms with van der Waals surface area (Å²) in [5, 5.41) is 0. The van der Waals surface area contributed by atoms with E-state index < -0.39 is 6.43 Å². The SMILES string of the molecule is C[C@@H](N)c1cccnc1N(C)CC(F)F. The van der Waals surface area contributed by atoms with E-state index in [2.05, 4.69) is 4.98 Å². The van der Waals surface area contributed by atoms with Crippen LogP contribution >= 0.6 is 0 Å². The van der Waals surface area contributed by atoms with Gasteiger partial charge in [0.1, 0.15) is 5.82 Å². The van der Waals surface area contributed by atoms with Gasteiger partial charge < -0.3 is 10.6 Å². The van der Waals surface area contributed by atoms with Gasteiger partial charge in [0.15, 0.2) is 0 Å². The van der Waals surface area contributed by atoms with Crippen molar-refractivity contribution < 1.29 is 8.78 Å². The number of pyridine rings is 1. The smallest absolute Gasteiger partial charge is 0.255 e. The molecule has 0 aliphatic heterocycles. The van der Waals surface area contributed by atoms with E-state index in [1.54, 1.807) is 32.3 Å². The topological polar surface area (TPSA) is 42.1 Å². The van der Waals surface area contributed by atoms with Crippen molar-refractivity contribution in [1.29, 1.82) is 0 Å². The highest BCUT2D eigenvalue weighted by atomic mass is 19.3. The molecule has 1 aromatic rings. The summed E-state index contributed by atoms with van der Waals surface area (Å²) in [7, 11) is 1.58. The Labute approximate surface area is 87.9 Å². The number of anilines is 1. The summed E-state index contributed by atoms with van der Waals surface area (Å²) in [4.78, 5) is 5.49. The Kier molecular flexibility index (Phi) is 3.96. The van der Waals surface area contributed by atoms with E-state index in [-0.39, 0.29) is 12.6 Å². The fourth-order valence-corrected chi connectivity index (χ4v) is 1.38. The zero-order valence-electron chi connectivity index (χ0n) is 8.82. The molecule has 0 spiro atoms. The molecule has 0 saturated heterocycles. The Balaban J connectivity index is 2.92. The maximum atomic E-state index is 12.2. The molecule has 1 atom stereocenters. The third-order valence-electron chi connectivity index (χ3n) is 2.08. The second-order valence-electron chi connectivity index (χ2n) is 3.48. The van der Waals surface area contributed by atoms with Crippen LogP contribution in [0.1, 0.15) is 18.5 Å². The Hall–Kier alpha value is -1.23. The van der Waals surface area contributed by atoms with Crippen molar-refractivity contribution in [2.75, 3.05) is 18.5 Å². The van der Waals surface area contributed by atoms with E-state index in [0.29, 0.717) is 5.82 Å². The van der Waals surface area contributed by atoms with Gasteiger partial charge in [-0.2, -0.15) is 0 Å². The Morgan fingerprint density at radius 3 is 2.73 bits per heavy atom. The summed E-state index contributed by atoms with van der Waals surface area (Å²) < 4.78 is 24.4. The standard InChI is InChI=1S/C10H15F2N3/c1-7(13)8-4-3-5-14-10(8)15(2)6-9(11)12/h3-5,7,9H,6,13H2,1-2H3/t7-/m1/s1. The van der Waals surface area contributed by atoms with Gasteiger partial charge in [-0.3, -0.25) is 0 Å². The number of alkyl halides is 2. The molecule has 0 radical (unpaired) electrons. The molecule has 0 bridgehead atoms. The van der Waals surface area contributed by atoms with Crippen LogP contribution in [0, 0.1) is 0 Å². The molecule has 1 heterocycles. The quantitative estimate of drug-likeness (QED) is 0.832. The lowest BCUT2D eigenvalue weighted by atomic mass is 10.1. The Morgan fingerprint density at radius 2 is 2.20 bits per heavy atom. The number of hydrogen-bond donors (Lipinski definition) is 1. The molecule has 0 saturated carbocycles. The predicted octanol–water partition coefficient (Wildman–Crippen LogP) is 1.80. The lowest BCUT2D eigenvalue weighted by Crippen LogP contribution is -2.27. The summed E-state index contributed by atoms with van der Waals surface area (Å²) in [5.41, 5.74) is 6.51. The van der Waals surface area contributed by atoms with Crippen LogP contribution in [0.3, 0.4) is 0 Å². The van der Waals surface area contributed by atoms with Gasteiger partial charge in [-0.05, 0) is 13.0 Å². The molecular formula is C10H15F2N3. The first-order valence-electron chi connectivity index (χ1n) is 4.72. The van der Waals surface area contributed by atoms with Crippen LogP contribution in [0.25, 0.3) is 0 Å². The number of hydrogen-bond acceptors (Lipinski definition) is 3. The van der Waals surface area contributed by atoms with Crippen molar-refractivity contribution in [2.24, 2.45) is 5.73 Å². The fraction of sp³-hybridized carbons (Fsp3) is 0.500. The van der Waals surface area contributed by atoms with Crippen LogP contribution in [-0.4, -0.2) is 25.0 Å². The summed E-state index contributed by atoms with van der Waals surface area (Å²) in [6.45, 7) is 1.47. The van der Waals surface area contributed by atoms with E-state index in [1.165, 1.54) is 4.90 Å². The fourth-order valence-electron chi connectivity index (χ4n) is 1.38. The number of aromatic nitrogens is 1. The van der Waals surface area contributed by atoms with Gasteiger partial charge >= 0.3 is 0 Å². The predicted molar refractivity (Wildman–Crippen MR) is 56.1 cm³/mol. The summed E-state index contributed by atoms with van der Waals surface area (Å²) in [5.74, 6) is 0.521. The third-order valence-corrected chi connectivity index (χ3v) is 2.08. The lowest BCUT2D eigenvalue weighted by Gasteiger charge is -2.21. The number of halogens is 2. The molecule has 2 N–H and O–H groups in total. The highest BCUT2D eigenvalue weighted by molar-refractivity contribution is 5.47. The zero-order valence-corrected chi connectivity index (χ0v) is 8.82. The lowest BCUT2D eigenvalue weighted by molar-refractivity contribution is 0.156. The van der Waals surface area contributed by atoms with Gasteiger partial charge in [-0.1, -0.05) is 6.07 Å². The van der Waals surface area contributed by atoms with E-state index in [1.807, 2.05) is 0 Å². The van der Waals surface area contributed by atoms with Gasteiger partial charge in [0, 0.05) is 24.8 Å². The molecule has 1 rings (SSSR count). The molecule has 5 heteroatoms. The molecule has 1 aromatic heterocycles. The van der Waals surface area contributed by atoms with Crippen LogP contribution in [0.4, 0.5) is 14.6 Å². The molecule has 0 aromatic carbocycles. The summed E-state index contributed by atoms with van der Waals surface area (Å²) in [6.07, 6.45) is -0.804. The minimum absolute atomic E-state index is 0.214. The first kappa shape index (κ1) is 11.8. The minimum Gasteiger partial charge on any atom is -0.354 e. The van der Waals surface area contributed by atoms with Crippen LogP contribution in [0.2, 0.25) is 0 Å². The van der Waals surface area contributed by atoms with Crippen molar-refractivity contribution in [1.82, 2.24) is 4.98 Å². The molecule has 0 aliphatic rings. The van der Waals surface area contributed by atoms with E-state index in [9.17, 15) is 8.78 Å². The average Bonchev–Trinajstić information content (AvgIpc) is 2.16. The largest absolute Gasteiger partial charge is 0.354 e. The van der Waals surface area contributed by atoms with Crippen LogP contribution in [-0.2, 0) is 0 Å². The molecule has 3 nitrogen and oxygen atoms in total. The summed E-state index contributed by atoms with van der Waals surface area (Å²) >= 11 is 0. The van der Waals surface area contributed by atoms with Crippen molar-refractivity contribution in [3.8, 4) is 0 Å². The van der Waals surface area contributed by atoms with Crippen molar-refractivity contribution >= 4 is 5.82 Å². The Morgan fingerprint density at radius 1 is 1.53 bits per heavy atom. The molecule has 0 aliphatic carbocycles. The molecule has 15 heavy (non-hydrogen) atoms. The average molecular weight is 215 g/mol. The normalized spacial score (nSPS) is 12.9. The molecule has 0 fully saturated rings. The van der Waals surface area contributed by atoms with E-state index >= 15 is 0 Å². The van der Waals surface area contributed by atoms with E-state index in [4.69, 9.17) is 5.73 Å². The number of nitrogens with zero attached hydrogens (tertiary/aromatic N) is 2. The number of nitrogens with two attached hydrogens (primary N) is 1. The summed E-state index contributed by atoms with van der Waals surface area (Å²) in [6, 6.07) is 3.33. The molecule has 0 unspecified atom stereocenters. The molecule has 84 valence electrons. The molecule has 0 amide bonds. The first-order chi connectivity index (χ1) is 7.02. The minimum atomic E-state index is -2.38. The monoisotopic (exact) mass is 215 g/mol. The second-order valence-corrected chi connectivity index (χ2v) is 3.48. The van der Waals surface area contributed by atoms with Gasteiger partial charge in [0.05, 0.1) is 6.54 Å². The second kappa shape index (κ2) is 5.02. The van der Waals surface area contributed by atoms with Crippen molar-refractivity contribution in [2.45, 2.75) is 19.4 Å². The highest BCUT2D eigenvalue weighted by Gasteiger charge is 2.14. The zero-order chi connectivity index (χ0) is 11.4. The Bertz CT molecular complexity index is 315. The van der Waals surface area contributed by atoms with E-state index in [0.717, 1.165) is 5.56 Å². The maximum Gasteiger partial charge on any atom is 0.255 e. The van der Waals surface area contributed by atoms with Gasteiger partial charge in [0.2, 0.25) is 0 Å². The van der Waals surface area contributed by atoms with Gasteiger partial charge in [0.25, 0.3) is 6.43 Å². The van der Waals surface area contributed by atoms with Gasteiger partial charge in [-0.15, -0.1) is 0 Å². The van der Waals surface area contributed by atoms with Crippen molar-refractivity contribution in [3.63, 3.8) is 0 Å².